The molecule has 0 saturated carbocycles. The molecule has 1 rings (SSSR count). The molecule has 132 valence electrons. The van der Waals surface area contributed by atoms with Gasteiger partial charge in [0.1, 0.15) is 0 Å². The standard InChI is InChI=1S/C18H31NO4/c1-8-19(18(2,3)4)12-11-14(20)13-9-10-15(21-5)17(23-7)16(13)22-6/h9-10,14,20H,8,11-12H2,1-7H3. The average molecular weight is 325 g/mol. The summed E-state index contributed by atoms with van der Waals surface area (Å²) in [6, 6.07) is 3.62. The molecule has 5 heteroatoms. The van der Waals surface area contributed by atoms with E-state index in [9.17, 15) is 5.11 Å². The number of aliphatic hydroxyl groups is 1. The normalized spacial score (nSPS) is 13.1. The van der Waals surface area contributed by atoms with Crippen LogP contribution < -0.4 is 14.2 Å². The van der Waals surface area contributed by atoms with E-state index in [2.05, 4.69) is 32.6 Å². The van der Waals surface area contributed by atoms with Crippen LogP contribution in [-0.2, 0) is 0 Å². The number of ether oxygens (including phenoxy) is 3. The van der Waals surface area contributed by atoms with Crippen LogP contribution in [0.2, 0.25) is 0 Å². The summed E-state index contributed by atoms with van der Waals surface area (Å²) >= 11 is 0. The van der Waals surface area contributed by atoms with E-state index < -0.39 is 6.10 Å². The molecule has 23 heavy (non-hydrogen) atoms. The molecule has 0 aliphatic heterocycles. The Labute approximate surface area is 140 Å². The molecule has 1 aromatic rings. The fraction of sp³-hybridized carbons (Fsp3) is 0.667. The first-order valence-corrected chi connectivity index (χ1v) is 8.02. The van der Waals surface area contributed by atoms with E-state index in [1.807, 2.05) is 6.07 Å². The number of methoxy groups -OCH3 is 3. The maximum absolute atomic E-state index is 10.6. The first-order chi connectivity index (χ1) is 10.8. The van der Waals surface area contributed by atoms with Crippen molar-refractivity contribution in [3.8, 4) is 17.2 Å². The molecule has 0 heterocycles. The highest BCUT2D eigenvalue weighted by Gasteiger charge is 2.24. The Morgan fingerprint density at radius 2 is 1.65 bits per heavy atom. The highest BCUT2D eigenvalue weighted by molar-refractivity contribution is 5.56. The topological polar surface area (TPSA) is 51.2 Å². The zero-order chi connectivity index (χ0) is 17.6. The van der Waals surface area contributed by atoms with Crippen LogP contribution in [0, 0.1) is 0 Å². The minimum absolute atomic E-state index is 0.0795. The summed E-state index contributed by atoms with van der Waals surface area (Å²) in [5.74, 6) is 1.62. The van der Waals surface area contributed by atoms with Crippen LogP contribution in [0.4, 0.5) is 0 Å². The molecule has 0 aliphatic rings. The summed E-state index contributed by atoms with van der Waals surface area (Å²) in [6.45, 7) is 10.4. The van der Waals surface area contributed by atoms with E-state index in [0.29, 0.717) is 23.7 Å². The second-order valence-corrected chi connectivity index (χ2v) is 6.48. The molecule has 0 bridgehead atoms. The van der Waals surface area contributed by atoms with Gasteiger partial charge in [-0.2, -0.15) is 0 Å². The summed E-state index contributed by atoms with van der Waals surface area (Å²) in [7, 11) is 4.71. The number of nitrogens with zero attached hydrogens (tertiary/aromatic N) is 1. The largest absolute Gasteiger partial charge is 0.493 e. The molecule has 0 aromatic heterocycles. The molecule has 0 radical (unpaired) electrons. The predicted molar refractivity (Wildman–Crippen MR) is 92.7 cm³/mol. The lowest BCUT2D eigenvalue weighted by atomic mass is 10.0. The fourth-order valence-corrected chi connectivity index (χ4v) is 2.79. The molecule has 1 aromatic carbocycles. The first kappa shape index (κ1) is 19.6. The smallest absolute Gasteiger partial charge is 0.203 e. The van der Waals surface area contributed by atoms with Gasteiger partial charge in [0, 0.05) is 17.6 Å². The number of aliphatic hydroxyl groups excluding tert-OH is 1. The number of benzene rings is 1. The maximum atomic E-state index is 10.6. The van der Waals surface area contributed by atoms with Gasteiger partial charge >= 0.3 is 0 Å². The van der Waals surface area contributed by atoms with Gasteiger partial charge in [-0.3, -0.25) is 4.90 Å². The van der Waals surface area contributed by atoms with Crippen molar-refractivity contribution in [3.05, 3.63) is 17.7 Å². The minimum Gasteiger partial charge on any atom is -0.493 e. The Morgan fingerprint density at radius 3 is 2.09 bits per heavy atom. The number of hydrogen-bond acceptors (Lipinski definition) is 5. The van der Waals surface area contributed by atoms with Crippen molar-refractivity contribution in [2.24, 2.45) is 0 Å². The quantitative estimate of drug-likeness (QED) is 0.795. The van der Waals surface area contributed by atoms with Gasteiger partial charge < -0.3 is 19.3 Å². The van der Waals surface area contributed by atoms with Gasteiger partial charge in [-0.25, -0.2) is 0 Å². The van der Waals surface area contributed by atoms with Gasteiger partial charge in [0.2, 0.25) is 5.75 Å². The Bertz CT molecular complexity index is 497. The second kappa shape index (κ2) is 8.41. The van der Waals surface area contributed by atoms with Gasteiger partial charge in [0.15, 0.2) is 11.5 Å². The van der Waals surface area contributed by atoms with E-state index in [1.54, 1.807) is 27.4 Å². The Hall–Kier alpha value is -1.46. The molecule has 1 atom stereocenters. The molecule has 0 saturated heterocycles. The molecule has 0 amide bonds. The van der Waals surface area contributed by atoms with Crippen molar-refractivity contribution in [2.45, 2.75) is 45.8 Å². The zero-order valence-corrected chi connectivity index (χ0v) is 15.5. The Morgan fingerprint density at radius 1 is 1.04 bits per heavy atom. The third-order valence-corrected chi connectivity index (χ3v) is 4.10. The van der Waals surface area contributed by atoms with E-state index in [1.165, 1.54) is 0 Å². The van der Waals surface area contributed by atoms with Crippen molar-refractivity contribution in [2.75, 3.05) is 34.4 Å². The molecule has 1 unspecified atom stereocenters. The lowest BCUT2D eigenvalue weighted by molar-refractivity contribution is 0.0981. The highest BCUT2D eigenvalue weighted by Crippen LogP contribution is 2.42. The molecule has 0 spiro atoms. The molecule has 5 nitrogen and oxygen atoms in total. The predicted octanol–water partition coefficient (Wildman–Crippen LogP) is 3.26. The van der Waals surface area contributed by atoms with Crippen LogP contribution in [0.3, 0.4) is 0 Å². The molecule has 0 aliphatic carbocycles. The van der Waals surface area contributed by atoms with Gasteiger partial charge in [0.05, 0.1) is 27.4 Å². The minimum atomic E-state index is -0.624. The summed E-state index contributed by atoms with van der Waals surface area (Å²) in [4.78, 5) is 2.34. The van der Waals surface area contributed by atoms with Gasteiger partial charge in [-0.05, 0) is 45.9 Å². The van der Waals surface area contributed by atoms with Crippen molar-refractivity contribution < 1.29 is 19.3 Å². The van der Waals surface area contributed by atoms with E-state index in [4.69, 9.17) is 14.2 Å². The fourth-order valence-electron chi connectivity index (χ4n) is 2.79. The number of hydrogen-bond donors (Lipinski definition) is 1. The summed E-state index contributed by atoms with van der Waals surface area (Å²) in [5.41, 5.74) is 0.797. The van der Waals surface area contributed by atoms with Crippen molar-refractivity contribution >= 4 is 0 Å². The lowest BCUT2D eigenvalue weighted by Crippen LogP contribution is -2.42. The number of rotatable bonds is 8. The van der Waals surface area contributed by atoms with Gasteiger partial charge in [-0.1, -0.05) is 6.92 Å². The van der Waals surface area contributed by atoms with E-state index >= 15 is 0 Å². The highest BCUT2D eigenvalue weighted by atomic mass is 16.5. The SMILES string of the molecule is CCN(CCC(O)c1ccc(OC)c(OC)c1OC)C(C)(C)C. The Balaban J connectivity index is 2.98. The molecular formula is C18H31NO4. The van der Waals surface area contributed by atoms with Gasteiger partial charge in [0.25, 0.3) is 0 Å². The van der Waals surface area contributed by atoms with Crippen molar-refractivity contribution in [1.29, 1.82) is 0 Å². The van der Waals surface area contributed by atoms with Crippen LogP contribution in [0.1, 0.15) is 45.8 Å². The molecule has 0 fully saturated rings. The van der Waals surface area contributed by atoms with Crippen LogP contribution in [-0.4, -0.2) is 50.0 Å². The lowest BCUT2D eigenvalue weighted by Gasteiger charge is -2.35. The summed E-state index contributed by atoms with van der Waals surface area (Å²) in [5, 5.41) is 10.6. The van der Waals surface area contributed by atoms with Crippen LogP contribution in [0.15, 0.2) is 12.1 Å². The Kier molecular flexibility index (Phi) is 7.16. The average Bonchev–Trinajstić information content (AvgIpc) is 2.52. The van der Waals surface area contributed by atoms with E-state index in [0.717, 1.165) is 18.7 Å². The zero-order valence-electron chi connectivity index (χ0n) is 15.5. The van der Waals surface area contributed by atoms with Crippen LogP contribution in [0.25, 0.3) is 0 Å². The van der Waals surface area contributed by atoms with Gasteiger partial charge in [-0.15, -0.1) is 0 Å². The van der Waals surface area contributed by atoms with Crippen LogP contribution >= 0.6 is 0 Å². The van der Waals surface area contributed by atoms with E-state index in [-0.39, 0.29) is 5.54 Å². The monoisotopic (exact) mass is 325 g/mol. The van der Waals surface area contributed by atoms with Crippen LogP contribution in [0.5, 0.6) is 17.2 Å². The first-order valence-electron chi connectivity index (χ1n) is 8.02. The van der Waals surface area contributed by atoms with Crippen molar-refractivity contribution in [1.82, 2.24) is 4.90 Å². The summed E-state index contributed by atoms with van der Waals surface area (Å²) in [6.07, 6.45) is -0.00195. The maximum Gasteiger partial charge on any atom is 0.203 e. The van der Waals surface area contributed by atoms with Crippen molar-refractivity contribution in [3.63, 3.8) is 0 Å². The molecular weight excluding hydrogens is 294 g/mol. The summed E-state index contributed by atoms with van der Waals surface area (Å²) < 4.78 is 16.1. The second-order valence-electron chi connectivity index (χ2n) is 6.48. The molecule has 1 N–H and O–H groups in total. The third kappa shape index (κ3) is 4.75. The third-order valence-electron chi connectivity index (χ3n) is 4.10.